The Morgan fingerprint density at radius 1 is 0.475 bits per heavy atom. The minimum Gasteiger partial charge on any atom is -0.274 e. The van der Waals surface area contributed by atoms with Crippen LogP contribution in [0.2, 0.25) is 0 Å². The van der Waals surface area contributed by atoms with Gasteiger partial charge in [-0.25, -0.2) is 0 Å². The van der Waals surface area contributed by atoms with Crippen molar-refractivity contribution < 1.29 is 0 Å². The third-order valence-electron chi connectivity index (χ3n) is 6.57. The lowest BCUT2D eigenvalue weighted by atomic mass is 10.0. The van der Waals surface area contributed by atoms with Gasteiger partial charge in [0.25, 0.3) is 22.2 Å². The monoisotopic (exact) mass is 654 g/mol. The summed E-state index contributed by atoms with van der Waals surface area (Å²) >= 11 is 15.9. The molecule has 216 valence electrons. The highest BCUT2D eigenvalue weighted by Crippen LogP contribution is 2.23. The van der Waals surface area contributed by atoms with Crippen LogP contribution in [0.1, 0.15) is 12.8 Å². The fraction of sp³-hybridized carbons (Fsp3) is 0.500. The van der Waals surface area contributed by atoms with Crippen LogP contribution in [0.4, 0.5) is 0 Å². The normalized spacial score (nSPS) is 11.9. The Hall–Kier alpha value is -0.920. The fourth-order valence-corrected chi connectivity index (χ4v) is 9.05. The average Bonchev–Trinajstić information content (AvgIpc) is 3.32. The lowest BCUT2D eigenvalue weighted by Crippen LogP contribution is -2.25. The van der Waals surface area contributed by atoms with Gasteiger partial charge in [-0.15, -0.1) is 0 Å². The minimum absolute atomic E-state index is 0.290. The van der Waals surface area contributed by atoms with Crippen molar-refractivity contribution >= 4 is 105 Å². The van der Waals surface area contributed by atoms with E-state index in [0.29, 0.717) is 45.4 Å². The molecule has 0 N–H and O–H groups in total. The lowest BCUT2D eigenvalue weighted by molar-refractivity contribution is 0.654. The van der Waals surface area contributed by atoms with E-state index in [2.05, 4.69) is 25.3 Å². The van der Waals surface area contributed by atoms with Crippen LogP contribution >= 0.6 is 72.3 Å². The van der Waals surface area contributed by atoms with Crippen molar-refractivity contribution in [3.05, 3.63) is 65.7 Å². The second-order valence-electron chi connectivity index (χ2n) is 9.27. The number of aromatic nitrogens is 2. The van der Waals surface area contributed by atoms with Crippen LogP contribution in [0.15, 0.2) is 43.4 Å². The van der Waals surface area contributed by atoms with Crippen molar-refractivity contribution in [2.24, 2.45) is 0 Å². The molecular formula is C28H34N2O4S6. The molecule has 40 heavy (non-hydrogen) atoms. The van der Waals surface area contributed by atoms with E-state index in [0.717, 1.165) is 70.4 Å². The molecule has 0 saturated heterocycles. The number of thiol groups is 2. The molecule has 4 rings (SSSR count). The van der Waals surface area contributed by atoms with Crippen LogP contribution in [-0.2, 0) is 13.1 Å². The fourth-order valence-electron chi connectivity index (χ4n) is 4.65. The molecule has 0 unspecified atom stereocenters. The zero-order valence-corrected chi connectivity index (χ0v) is 27.3. The van der Waals surface area contributed by atoms with Crippen LogP contribution in [-0.4, -0.2) is 66.7 Å². The topological polar surface area (TPSA) is 78.1 Å². The van der Waals surface area contributed by atoms with Gasteiger partial charge >= 0.3 is 0 Å². The highest BCUT2D eigenvalue weighted by molar-refractivity contribution is 8.03. The maximum absolute atomic E-state index is 13.1. The summed E-state index contributed by atoms with van der Waals surface area (Å²) in [4.78, 5) is 52.4. The molecular weight excluding hydrogens is 621 g/mol. The molecule has 0 aliphatic rings. The Morgan fingerprint density at radius 2 is 0.775 bits per heavy atom. The van der Waals surface area contributed by atoms with Gasteiger partial charge in [0.1, 0.15) is 0 Å². The highest BCUT2D eigenvalue weighted by atomic mass is 32.2. The van der Waals surface area contributed by atoms with Gasteiger partial charge in [-0.05, 0) is 70.9 Å². The first kappa shape index (κ1) is 32.0. The van der Waals surface area contributed by atoms with Crippen LogP contribution < -0.4 is 22.2 Å². The molecule has 0 bridgehead atoms. The highest BCUT2D eigenvalue weighted by Gasteiger charge is 2.17. The van der Waals surface area contributed by atoms with Gasteiger partial charge in [-0.2, -0.15) is 72.3 Å². The molecule has 0 fully saturated rings. The number of hydrogen-bond donors (Lipinski definition) is 2. The van der Waals surface area contributed by atoms with E-state index in [1.165, 1.54) is 9.13 Å². The van der Waals surface area contributed by atoms with E-state index in [4.69, 9.17) is 0 Å². The van der Waals surface area contributed by atoms with Crippen molar-refractivity contribution in [1.29, 1.82) is 0 Å². The number of thioether (sulfide) groups is 4. The standard InChI is InChI=1S/C28H34N2O4S6/c31-25-21-15-19-17-23-24(28(34)30(27(23)33)4-2-8-38-12-14-40-10-6-36)18-20(19)16-22(21)26(32)29(25)3-1-7-37-11-13-39-9-5-35/h15-18,35-36H,1-14H2. The van der Waals surface area contributed by atoms with Gasteiger partial charge in [0.15, 0.2) is 0 Å². The molecule has 4 aromatic rings. The summed E-state index contributed by atoms with van der Waals surface area (Å²) in [5, 5.41) is 2.84. The molecule has 0 saturated carbocycles. The smallest absolute Gasteiger partial charge is 0.261 e. The molecule has 6 nitrogen and oxygen atoms in total. The van der Waals surface area contributed by atoms with Crippen LogP contribution in [0.5, 0.6) is 0 Å². The molecule has 0 amide bonds. The maximum Gasteiger partial charge on any atom is 0.261 e. The van der Waals surface area contributed by atoms with Gasteiger partial charge in [0, 0.05) is 47.6 Å². The van der Waals surface area contributed by atoms with Crippen molar-refractivity contribution in [2.45, 2.75) is 25.9 Å². The summed E-state index contributed by atoms with van der Waals surface area (Å²) < 4.78 is 2.64. The zero-order chi connectivity index (χ0) is 28.5. The van der Waals surface area contributed by atoms with E-state index in [1.54, 1.807) is 24.3 Å². The van der Waals surface area contributed by atoms with Gasteiger partial charge in [0.2, 0.25) is 0 Å². The molecule has 0 aliphatic heterocycles. The van der Waals surface area contributed by atoms with E-state index in [9.17, 15) is 19.2 Å². The molecule has 0 radical (unpaired) electrons. The predicted molar refractivity (Wildman–Crippen MR) is 189 cm³/mol. The van der Waals surface area contributed by atoms with E-state index in [-0.39, 0.29) is 22.2 Å². The molecule has 0 atom stereocenters. The maximum atomic E-state index is 13.1. The summed E-state index contributed by atoms with van der Waals surface area (Å²) in [6.45, 7) is 0.767. The van der Waals surface area contributed by atoms with Crippen molar-refractivity contribution in [3.8, 4) is 0 Å². The van der Waals surface area contributed by atoms with Crippen molar-refractivity contribution in [3.63, 3.8) is 0 Å². The first-order valence-electron chi connectivity index (χ1n) is 13.3. The second-order valence-corrected chi connectivity index (χ2v) is 15.1. The number of hydrogen-bond acceptors (Lipinski definition) is 10. The Bertz CT molecular complexity index is 1430. The Balaban J connectivity index is 1.47. The first-order valence-corrected chi connectivity index (χ1v) is 19.2. The summed E-state index contributed by atoms with van der Waals surface area (Å²) in [5.74, 6) is 9.88. The number of rotatable bonds is 18. The quantitative estimate of drug-likeness (QED) is 0.119. The third-order valence-corrected chi connectivity index (χ3v) is 12.3. The molecule has 2 heterocycles. The summed E-state index contributed by atoms with van der Waals surface area (Å²) in [7, 11) is 0. The van der Waals surface area contributed by atoms with Gasteiger partial charge in [-0.3, -0.25) is 28.3 Å². The number of fused-ring (bicyclic) bond motifs is 3. The van der Waals surface area contributed by atoms with Crippen molar-refractivity contribution in [1.82, 2.24) is 9.13 Å². The van der Waals surface area contributed by atoms with Gasteiger partial charge in [0.05, 0.1) is 21.5 Å². The molecule has 12 heteroatoms. The van der Waals surface area contributed by atoms with Crippen LogP contribution in [0.25, 0.3) is 32.3 Å². The summed E-state index contributed by atoms with van der Waals surface area (Å²) in [5.41, 5.74) is -1.16. The van der Waals surface area contributed by atoms with E-state index in [1.807, 2.05) is 47.0 Å². The average molecular weight is 655 g/mol. The number of benzene rings is 2. The van der Waals surface area contributed by atoms with Gasteiger partial charge < -0.3 is 0 Å². The van der Waals surface area contributed by atoms with Gasteiger partial charge in [-0.1, -0.05) is 0 Å². The summed E-state index contributed by atoms with van der Waals surface area (Å²) in [6, 6.07) is 6.78. The molecule has 2 aromatic carbocycles. The third kappa shape index (κ3) is 7.72. The Labute approximate surface area is 261 Å². The molecule has 0 aliphatic carbocycles. The summed E-state index contributed by atoms with van der Waals surface area (Å²) in [6.07, 6.45) is 1.49. The van der Waals surface area contributed by atoms with Crippen molar-refractivity contribution in [2.75, 3.05) is 57.5 Å². The number of nitrogens with zero attached hydrogens (tertiary/aromatic N) is 2. The van der Waals surface area contributed by atoms with E-state index < -0.39 is 0 Å². The minimum atomic E-state index is -0.290. The Kier molecular flexibility index (Phi) is 12.9. The lowest BCUT2D eigenvalue weighted by Gasteiger charge is -2.02. The first-order chi connectivity index (χ1) is 19.5. The largest absolute Gasteiger partial charge is 0.274 e. The predicted octanol–water partition coefficient (Wildman–Crippen LogP) is 4.64. The van der Waals surface area contributed by atoms with E-state index >= 15 is 0 Å². The zero-order valence-electron chi connectivity index (χ0n) is 22.3. The van der Waals surface area contributed by atoms with Crippen LogP contribution in [0.3, 0.4) is 0 Å². The molecule has 0 spiro atoms. The SMILES string of the molecule is O=c1c2cc3cc4c(=O)n(CCCSCCSCCS)c(=O)c4cc3cc2c(=O)n1CCCSCCSCCS. The second kappa shape index (κ2) is 16.1. The Morgan fingerprint density at radius 3 is 1.07 bits per heavy atom. The van der Waals surface area contributed by atoms with Crippen LogP contribution in [0, 0.1) is 0 Å². The molecule has 2 aromatic heterocycles.